The molecule has 138 valence electrons. The molecule has 0 radical (unpaired) electrons. The molecule has 1 aromatic rings. The minimum absolute atomic E-state index is 0.0832. The molecule has 2 atom stereocenters. The zero-order chi connectivity index (χ0) is 18.0. The maximum absolute atomic E-state index is 10.9. The van der Waals surface area contributed by atoms with E-state index in [0.29, 0.717) is 6.42 Å². The Labute approximate surface area is 145 Å². The molecule has 1 aromatic carbocycles. The number of rotatable bonds is 12. The highest BCUT2D eigenvalue weighted by atomic mass is 31.2. The van der Waals surface area contributed by atoms with Crippen LogP contribution in [0.5, 0.6) is 0 Å². The van der Waals surface area contributed by atoms with E-state index in [0.717, 1.165) is 18.4 Å². The van der Waals surface area contributed by atoms with Crippen LogP contribution in [0.15, 0.2) is 24.3 Å². The second kappa shape index (κ2) is 11.0. The molecule has 6 heteroatoms. The normalized spacial score (nSPS) is 14.5. The lowest BCUT2D eigenvalue weighted by Gasteiger charge is -2.17. The number of benzene rings is 1. The van der Waals surface area contributed by atoms with E-state index in [-0.39, 0.29) is 6.42 Å². The van der Waals surface area contributed by atoms with Gasteiger partial charge >= 0.3 is 7.60 Å². The van der Waals surface area contributed by atoms with Crippen LogP contribution in [0.2, 0.25) is 0 Å². The van der Waals surface area contributed by atoms with Crippen LogP contribution in [0, 0.1) is 0 Å². The summed E-state index contributed by atoms with van der Waals surface area (Å²) in [6.07, 6.45) is 8.76. The van der Waals surface area contributed by atoms with E-state index in [2.05, 4.69) is 31.2 Å². The summed E-state index contributed by atoms with van der Waals surface area (Å²) in [5, 5.41) is 9.38. The second-order valence-corrected chi connectivity index (χ2v) is 8.36. The van der Waals surface area contributed by atoms with Gasteiger partial charge in [-0.05, 0) is 36.8 Å². The highest BCUT2D eigenvalue weighted by molar-refractivity contribution is 7.52. The smallest absolute Gasteiger partial charge is 0.353 e. The van der Waals surface area contributed by atoms with E-state index in [4.69, 9.17) is 15.5 Å². The molecule has 0 saturated carbocycles. The third-order valence-electron chi connectivity index (χ3n) is 4.30. The van der Waals surface area contributed by atoms with Crippen LogP contribution < -0.4 is 5.73 Å². The van der Waals surface area contributed by atoms with E-state index in [1.165, 1.54) is 37.7 Å². The fourth-order valence-corrected chi connectivity index (χ4v) is 3.23. The second-order valence-electron chi connectivity index (χ2n) is 6.58. The number of nitrogens with two attached hydrogens (primary N) is 1. The van der Waals surface area contributed by atoms with Crippen LogP contribution in [0.4, 0.5) is 0 Å². The van der Waals surface area contributed by atoms with E-state index in [1.807, 2.05) is 0 Å². The van der Waals surface area contributed by atoms with Gasteiger partial charge in [-0.3, -0.25) is 4.57 Å². The number of aryl methyl sites for hydroxylation is 2. The fourth-order valence-electron chi connectivity index (χ4n) is 2.68. The van der Waals surface area contributed by atoms with Gasteiger partial charge in [0.25, 0.3) is 0 Å². The molecule has 0 aliphatic heterocycles. The Morgan fingerprint density at radius 2 is 1.54 bits per heavy atom. The highest BCUT2D eigenvalue weighted by Gasteiger charge is 2.27. The molecule has 0 aromatic heterocycles. The minimum Gasteiger partial charge on any atom is -0.380 e. The molecule has 0 saturated heterocycles. The van der Waals surface area contributed by atoms with Gasteiger partial charge in [-0.2, -0.15) is 0 Å². The summed E-state index contributed by atoms with van der Waals surface area (Å²) in [5.41, 5.74) is 8.35. The Balaban J connectivity index is 2.30. The third kappa shape index (κ3) is 8.95. The summed E-state index contributed by atoms with van der Waals surface area (Å²) < 4.78 is 10.9. The molecule has 0 fully saturated rings. The van der Waals surface area contributed by atoms with Crippen molar-refractivity contribution in [2.45, 2.75) is 76.6 Å². The number of unbranched alkanes of at least 4 members (excludes halogenated alkanes) is 4. The first-order chi connectivity index (χ1) is 11.3. The molecule has 5 N–H and O–H groups in total. The van der Waals surface area contributed by atoms with Crippen LogP contribution in [0.1, 0.15) is 63.0 Å². The lowest BCUT2D eigenvalue weighted by atomic mass is 10.0. The highest BCUT2D eigenvalue weighted by Crippen LogP contribution is 2.41. The summed E-state index contributed by atoms with van der Waals surface area (Å²) in [6.45, 7) is 2.22. The Morgan fingerprint density at radius 1 is 1.00 bits per heavy atom. The van der Waals surface area contributed by atoms with Gasteiger partial charge in [0.1, 0.15) is 0 Å². The summed E-state index contributed by atoms with van der Waals surface area (Å²) in [6, 6.07) is 8.04. The van der Waals surface area contributed by atoms with E-state index in [9.17, 15) is 9.67 Å². The lowest BCUT2D eigenvalue weighted by Crippen LogP contribution is -2.26. The number of hydrogen-bond donors (Lipinski definition) is 4. The zero-order valence-corrected chi connectivity index (χ0v) is 15.5. The van der Waals surface area contributed by atoms with Crippen LogP contribution in [-0.4, -0.2) is 26.8 Å². The molecule has 5 nitrogen and oxygen atoms in total. The molecular formula is C18H32NO4P. The summed E-state index contributed by atoms with van der Waals surface area (Å²) in [7, 11) is -4.46. The molecule has 0 bridgehead atoms. The van der Waals surface area contributed by atoms with Crippen molar-refractivity contribution in [2.24, 2.45) is 5.73 Å². The molecule has 0 aliphatic rings. The third-order valence-corrected chi connectivity index (χ3v) is 5.28. The Hall–Kier alpha value is -0.710. The zero-order valence-electron chi connectivity index (χ0n) is 14.6. The first-order valence-corrected chi connectivity index (χ1v) is 10.6. The van der Waals surface area contributed by atoms with Crippen molar-refractivity contribution in [3.8, 4) is 0 Å². The van der Waals surface area contributed by atoms with Gasteiger partial charge in [0.15, 0.2) is 5.85 Å². The number of aliphatic hydroxyl groups excluding tert-OH is 1. The van der Waals surface area contributed by atoms with Crippen molar-refractivity contribution in [3.05, 3.63) is 35.4 Å². The molecule has 0 aliphatic carbocycles. The SMILES string of the molecule is CCCCCCCc1ccc(CC[C@@H](N)CC(O)P(=O)(O)O)cc1. The summed E-state index contributed by atoms with van der Waals surface area (Å²) in [5.74, 6) is -1.66. The van der Waals surface area contributed by atoms with Crippen molar-refractivity contribution in [3.63, 3.8) is 0 Å². The lowest BCUT2D eigenvalue weighted by molar-refractivity contribution is 0.184. The molecule has 0 amide bonds. The van der Waals surface area contributed by atoms with Gasteiger partial charge in [0.2, 0.25) is 0 Å². The molecule has 24 heavy (non-hydrogen) atoms. The van der Waals surface area contributed by atoms with E-state index < -0.39 is 19.5 Å². The fraction of sp³-hybridized carbons (Fsp3) is 0.667. The van der Waals surface area contributed by atoms with Crippen molar-refractivity contribution in [2.75, 3.05) is 0 Å². The molecule has 0 spiro atoms. The van der Waals surface area contributed by atoms with Crippen LogP contribution in [-0.2, 0) is 17.4 Å². The number of aliphatic hydroxyl groups is 1. The minimum atomic E-state index is -4.46. The maximum Gasteiger partial charge on any atom is 0.353 e. The summed E-state index contributed by atoms with van der Waals surface area (Å²) >= 11 is 0. The predicted octanol–water partition coefficient (Wildman–Crippen LogP) is 3.35. The topological polar surface area (TPSA) is 104 Å². The van der Waals surface area contributed by atoms with Gasteiger partial charge in [-0.15, -0.1) is 0 Å². The van der Waals surface area contributed by atoms with Gasteiger partial charge in [0.05, 0.1) is 0 Å². The maximum atomic E-state index is 10.9. The predicted molar refractivity (Wildman–Crippen MR) is 97.9 cm³/mol. The van der Waals surface area contributed by atoms with Crippen molar-refractivity contribution < 1.29 is 19.5 Å². The van der Waals surface area contributed by atoms with Gasteiger partial charge in [0, 0.05) is 12.5 Å². The monoisotopic (exact) mass is 357 g/mol. The molecule has 1 rings (SSSR count). The van der Waals surface area contributed by atoms with Crippen LogP contribution in [0.3, 0.4) is 0 Å². The Kier molecular flexibility index (Phi) is 9.79. The van der Waals surface area contributed by atoms with Gasteiger partial charge < -0.3 is 20.6 Å². The molecule has 1 unspecified atom stereocenters. The quantitative estimate of drug-likeness (QED) is 0.339. The summed E-state index contributed by atoms with van der Waals surface area (Å²) in [4.78, 5) is 17.7. The van der Waals surface area contributed by atoms with Gasteiger partial charge in [-0.1, -0.05) is 56.9 Å². The largest absolute Gasteiger partial charge is 0.380 e. The standard InChI is InChI=1S/C18H32NO4P/c1-2-3-4-5-6-7-15-8-10-16(11-9-15)12-13-17(19)14-18(20)24(21,22)23/h8-11,17-18,20H,2-7,12-14,19H2,1H3,(H2,21,22,23)/t17-,18?/m1/s1. The first-order valence-electron chi connectivity index (χ1n) is 8.89. The van der Waals surface area contributed by atoms with Crippen LogP contribution >= 0.6 is 7.60 Å². The van der Waals surface area contributed by atoms with Crippen molar-refractivity contribution in [1.29, 1.82) is 0 Å². The van der Waals surface area contributed by atoms with Gasteiger partial charge in [-0.25, -0.2) is 0 Å². The average Bonchev–Trinajstić information content (AvgIpc) is 2.53. The Morgan fingerprint density at radius 3 is 2.08 bits per heavy atom. The Bertz CT molecular complexity index is 500. The van der Waals surface area contributed by atoms with Crippen molar-refractivity contribution in [1.82, 2.24) is 0 Å². The van der Waals surface area contributed by atoms with Crippen molar-refractivity contribution >= 4 is 7.60 Å². The van der Waals surface area contributed by atoms with Crippen LogP contribution in [0.25, 0.3) is 0 Å². The van der Waals surface area contributed by atoms with E-state index >= 15 is 0 Å². The number of hydrogen-bond acceptors (Lipinski definition) is 3. The average molecular weight is 357 g/mol. The van der Waals surface area contributed by atoms with E-state index in [1.54, 1.807) is 0 Å². The molecular weight excluding hydrogens is 325 g/mol. The first kappa shape index (κ1) is 21.3. The molecule has 0 heterocycles.